The normalized spacial score (nSPS) is 42.3. The molecule has 4 aliphatic heterocycles. The number of aliphatic hydroxyl groups excluding tert-OH is 5. The largest absolute Gasteiger partial charge is 0.483 e. The second kappa shape index (κ2) is 10.7. The predicted molar refractivity (Wildman–Crippen MR) is 118 cm³/mol. The minimum absolute atomic E-state index is 0.0785. The van der Waals surface area contributed by atoms with Crippen molar-refractivity contribution >= 4 is 39.7 Å². The van der Waals surface area contributed by atoms with Crippen LogP contribution in [0.15, 0.2) is 9.98 Å². The van der Waals surface area contributed by atoms with Gasteiger partial charge in [-0.15, -0.1) is 0 Å². The molecule has 4 rings (SSSR count). The molecule has 0 aromatic heterocycles. The summed E-state index contributed by atoms with van der Waals surface area (Å²) >= 11 is 0. The molecule has 0 saturated carbocycles. The van der Waals surface area contributed by atoms with Gasteiger partial charge in [-0.05, 0) is 6.92 Å². The summed E-state index contributed by atoms with van der Waals surface area (Å²) in [7, 11) is -10.9. The number of ether oxygens (including phenoxy) is 2. The van der Waals surface area contributed by atoms with E-state index in [1.54, 1.807) is 0 Å². The van der Waals surface area contributed by atoms with Crippen LogP contribution >= 0.6 is 15.6 Å². The average molecular weight is 589 g/mol. The number of nitrogens with one attached hydrogen (secondary N) is 2. The van der Waals surface area contributed by atoms with Crippen LogP contribution in [0.4, 0.5) is 0 Å². The molecule has 0 aromatic carbocycles. The number of carbonyl (C=O) groups is 1. The molecule has 38 heavy (non-hydrogen) atoms. The van der Waals surface area contributed by atoms with Gasteiger partial charge in [0, 0.05) is 0 Å². The van der Waals surface area contributed by atoms with Gasteiger partial charge < -0.3 is 44.8 Å². The van der Waals surface area contributed by atoms with Crippen molar-refractivity contribution in [3.63, 3.8) is 0 Å². The summed E-state index contributed by atoms with van der Waals surface area (Å²) in [6.45, 7) is 0.284. The van der Waals surface area contributed by atoms with Crippen LogP contribution in [0.3, 0.4) is 0 Å². The lowest BCUT2D eigenvalue weighted by Gasteiger charge is -2.38. The van der Waals surface area contributed by atoms with Gasteiger partial charge in [0.2, 0.25) is 5.96 Å². The third-order valence-electron chi connectivity index (χ3n) is 5.83. The zero-order chi connectivity index (χ0) is 28.2. The van der Waals surface area contributed by atoms with Gasteiger partial charge in [0.15, 0.2) is 24.4 Å². The lowest BCUT2D eigenvalue weighted by atomic mass is 10.0. The number of phosphoric ester groups is 2. The molecule has 0 aliphatic carbocycles. The molecule has 12 atom stereocenters. The van der Waals surface area contributed by atoms with Crippen molar-refractivity contribution in [2.45, 2.75) is 68.2 Å². The summed E-state index contributed by atoms with van der Waals surface area (Å²) in [4.78, 5) is 40.5. The molecule has 20 nitrogen and oxygen atoms in total. The van der Waals surface area contributed by atoms with Crippen LogP contribution in [0.25, 0.3) is 0 Å². The molecule has 2 saturated heterocycles. The molecular formula is C16H25N5O15P2. The fraction of sp³-hybridized carbons (Fsp3) is 0.750. The average Bonchev–Trinajstić information content (AvgIpc) is 3.35. The predicted octanol–water partition coefficient (Wildman–Crippen LogP) is -4.31. The molecule has 0 spiro atoms. The number of carbonyl (C=O) groups excluding carboxylic acids is 1. The number of fused-ring (bicyclic) bond motifs is 1. The third-order valence-corrected chi connectivity index (χ3v) is 8.43. The smallest absolute Gasteiger partial charge is 0.388 e. The molecule has 0 radical (unpaired) electrons. The Morgan fingerprint density at radius 3 is 2.42 bits per heavy atom. The van der Waals surface area contributed by atoms with Crippen molar-refractivity contribution in [2.24, 2.45) is 9.98 Å². The molecule has 214 valence electrons. The number of rotatable bonds is 8. The minimum atomic E-state index is -5.51. The Morgan fingerprint density at radius 2 is 1.74 bits per heavy atom. The quantitative estimate of drug-likeness (QED) is 0.121. The van der Waals surface area contributed by atoms with Crippen LogP contribution in [-0.2, 0) is 36.8 Å². The van der Waals surface area contributed by atoms with E-state index < -0.39 is 95.4 Å². The third kappa shape index (κ3) is 5.88. The Labute approximate surface area is 212 Å². The number of hydrogen-bond donors (Lipinski definition) is 9. The van der Waals surface area contributed by atoms with Crippen LogP contribution in [-0.4, -0.2) is 132 Å². The molecule has 22 heteroatoms. The first kappa shape index (κ1) is 29.2. The Kier molecular flexibility index (Phi) is 8.22. The van der Waals surface area contributed by atoms with E-state index in [1.807, 2.05) is 0 Å². The van der Waals surface area contributed by atoms with Gasteiger partial charge in [-0.2, -0.15) is 9.30 Å². The second-order valence-corrected chi connectivity index (χ2v) is 11.5. The number of amides is 1. The Hall–Kier alpha value is -1.74. The van der Waals surface area contributed by atoms with Crippen molar-refractivity contribution in [1.29, 1.82) is 5.41 Å². The van der Waals surface area contributed by atoms with E-state index in [0.29, 0.717) is 0 Å². The van der Waals surface area contributed by atoms with E-state index in [2.05, 4.69) is 28.7 Å². The molecule has 4 aliphatic rings. The number of phosphoric acid groups is 2. The Morgan fingerprint density at radius 1 is 1.05 bits per heavy atom. The van der Waals surface area contributed by atoms with Gasteiger partial charge in [0.25, 0.3) is 5.91 Å². The van der Waals surface area contributed by atoms with Crippen molar-refractivity contribution in [1.82, 2.24) is 10.2 Å². The summed E-state index contributed by atoms with van der Waals surface area (Å²) < 4.78 is 48.2. The fourth-order valence-electron chi connectivity index (χ4n) is 3.90. The highest BCUT2D eigenvalue weighted by molar-refractivity contribution is 7.61. The molecule has 4 heterocycles. The molecular weight excluding hydrogens is 564 g/mol. The molecule has 9 N–H and O–H groups in total. The van der Waals surface area contributed by atoms with Crippen LogP contribution < -0.4 is 5.32 Å². The van der Waals surface area contributed by atoms with Gasteiger partial charge in [0.1, 0.15) is 36.6 Å². The zero-order valence-electron chi connectivity index (χ0n) is 19.2. The lowest BCUT2D eigenvalue weighted by molar-refractivity contribution is -0.271. The van der Waals surface area contributed by atoms with Crippen molar-refractivity contribution < 1.29 is 72.1 Å². The van der Waals surface area contributed by atoms with E-state index in [1.165, 1.54) is 6.92 Å². The number of hydrogen-bond acceptors (Lipinski definition) is 16. The van der Waals surface area contributed by atoms with E-state index in [-0.39, 0.29) is 5.84 Å². The lowest BCUT2D eigenvalue weighted by Crippen LogP contribution is -2.57. The Balaban J connectivity index is 1.35. The monoisotopic (exact) mass is 589 g/mol. The number of amidine groups is 1. The summed E-state index contributed by atoms with van der Waals surface area (Å²) in [6.07, 6.45) is -13.9. The van der Waals surface area contributed by atoms with Crippen molar-refractivity contribution in [2.75, 3.05) is 6.61 Å². The molecule has 1 amide bonds. The van der Waals surface area contributed by atoms with Crippen LogP contribution in [0, 0.1) is 5.41 Å². The van der Waals surface area contributed by atoms with Crippen LogP contribution in [0.5, 0.6) is 0 Å². The first-order chi connectivity index (χ1) is 17.6. The maximum absolute atomic E-state index is 12.3. The minimum Gasteiger partial charge on any atom is -0.388 e. The maximum atomic E-state index is 12.3. The Bertz CT molecular complexity index is 1120. The van der Waals surface area contributed by atoms with E-state index in [0.717, 1.165) is 11.2 Å². The number of nitrogens with zero attached hydrogens (tertiary/aromatic N) is 3. The molecule has 0 bridgehead atoms. The maximum Gasteiger partial charge on any atom is 0.483 e. The fourth-order valence-corrected chi connectivity index (χ4v) is 6.06. The van der Waals surface area contributed by atoms with Gasteiger partial charge in [-0.1, -0.05) is 0 Å². The van der Waals surface area contributed by atoms with Crippen LogP contribution in [0.2, 0.25) is 0 Å². The molecule has 2 fully saturated rings. The van der Waals surface area contributed by atoms with E-state index in [9.17, 15) is 49.2 Å². The summed E-state index contributed by atoms with van der Waals surface area (Å²) in [5.41, 5.74) is 0. The topological polar surface area (TPSA) is 303 Å². The highest BCUT2D eigenvalue weighted by Gasteiger charge is 2.51. The van der Waals surface area contributed by atoms with Crippen molar-refractivity contribution in [3.8, 4) is 0 Å². The molecule has 3 unspecified atom stereocenters. The van der Waals surface area contributed by atoms with Gasteiger partial charge in [0.05, 0.1) is 19.0 Å². The summed E-state index contributed by atoms with van der Waals surface area (Å²) in [5.74, 6) is -1.23. The highest BCUT2D eigenvalue weighted by atomic mass is 31.3. The summed E-state index contributed by atoms with van der Waals surface area (Å²) in [6, 6.07) is -1.13. The summed E-state index contributed by atoms with van der Waals surface area (Å²) in [5, 5.41) is 59.7. The van der Waals surface area contributed by atoms with E-state index in [4.69, 9.17) is 14.9 Å². The second-order valence-electron chi connectivity index (χ2n) is 8.53. The van der Waals surface area contributed by atoms with Gasteiger partial charge >= 0.3 is 15.6 Å². The van der Waals surface area contributed by atoms with Gasteiger partial charge in [-0.25, -0.2) is 9.13 Å². The van der Waals surface area contributed by atoms with Crippen LogP contribution in [0.1, 0.15) is 6.92 Å². The number of guanidine groups is 1. The number of aliphatic hydroxyl groups is 5. The van der Waals surface area contributed by atoms with Crippen molar-refractivity contribution in [3.05, 3.63) is 0 Å². The van der Waals surface area contributed by atoms with Gasteiger partial charge in [-0.3, -0.25) is 34.5 Å². The SMILES string of the molecule is C[C@@H]1O[C@H](OP(=O)(O)OP(=O)(O)OC[C@H]2O[C@@H](N3C=NC4C(=O)NC(=N)N=C43)[C@H](O)[C@@H]2O)[C@@H](O)[C@H](O)[C@@H]1O. The standard InChI is InChI=1S/C16H25N5O15P2/c1-4-7(22)9(24)11(26)15(33-4)35-38(30,31)36-37(28,29)32-2-5-8(23)10(25)14(34-5)21-3-18-6-12(21)19-16(17)20-13(6)27/h3-11,14-15,22-26H,2H2,1H3,(H,28,29)(H,30,31)(H2,17,20,27)/t4-,5+,6?,7+,8+,9+,10+,11-,14+,15+/m0/s1. The van der Waals surface area contributed by atoms with E-state index >= 15 is 0 Å². The highest BCUT2D eigenvalue weighted by Crippen LogP contribution is 2.61. The number of aliphatic imine (C=N–C) groups is 2. The first-order valence-corrected chi connectivity index (χ1v) is 13.8. The first-order valence-electron chi connectivity index (χ1n) is 10.8. The zero-order valence-corrected chi connectivity index (χ0v) is 21.0. The molecule has 0 aromatic rings.